The third-order valence-corrected chi connectivity index (χ3v) is 6.94. The molecule has 142 valence electrons. The molecule has 6 heteroatoms. The summed E-state index contributed by atoms with van der Waals surface area (Å²) in [4.78, 5) is 4.05. The summed E-state index contributed by atoms with van der Waals surface area (Å²) in [6.07, 6.45) is 9.20. The molecule has 1 fully saturated rings. The van der Waals surface area contributed by atoms with Gasteiger partial charge in [-0.3, -0.25) is 0 Å². The van der Waals surface area contributed by atoms with Gasteiger partial charge in [0.1, 0.15) is 0 Å². The first-order valence-corrected chi connectivity index (χ1v) is 11.0. The van der Waals surface area contributed by atoms with Gasteiger partial charge in [-0.1, -0.05) is 43.5 Å². The van der Waals surface area contributed by atoms with Crippen LogP contribution in [-0.4, -0.2) is 18.0 Å². The smallest absolute Gasteiger partial charge is 0.258 e. The van der Waals surface area contributed by atoms with Crippen LogP contribution >= 0.6 is 0 Å². The van der Waals surface area contributed by atoms with Crippen LogP contribution in [0.3, 0.4) is 0 Å². The van der Waals surface area contributed by atoms with Gasteiger partial charge in [-0.05, 0) is 42.5 Å². The highest BCUT2D eigenvalue weighted by Crippen LogP contribution is 2.38. The second kappa shape index (κ2) is 7.44. The summed E-state index contributed by atoms with van der Waals surface area (Å²) in [5, 5.41) is 1.19. The summed E-state index contributed by atoms with van der Waals surface area (Å²) in [6.45, 7) is 0. The lowest BCUT2D eigenvalue weighted by Gasteiger charge is -2.30. The fourth-order valence-electron chi connectivity index (χ4n) is 4.24. The Hall–Kier alpha value is -2.18. The van der Waals surface area contributed by atoms with E-state index >= 15 is 0 Å². The Morgan fingerprint density at radius 3 is 2.56 bits per heavy atom. The van der Waals surface area contributed by atoms with Gasteiger partial charge < -0.3 is 4.57 Å². The molecule has 5 nitrogen and oxygen atoms in total. The van der Waals surface area contributed by atoms with Crippen molar-refractivity contribution in [3.05, 3.63) is 60.4 Å². The molecule has 0 bridgehead atoms. The molecule has 0 spiro atoms. The lowest BCUT2D eigenvalue weighted by atomic mass is 9.81. The molecule has 2 heterocycles. The minimum absolute atomic E-state index is 0.0750. The first-order chi connectivity index (χ1) is 13.1. The van der Waals surface area contributed by atoms with E-state index in [0.29, 0.717) is 5.92 Å². The van der Waals surface area contributed by atoms with Crippen molar-refractivity contribution in [1.29, 1.82) is 0 Å². The minimum Gasteiger partial charge on any atom is -0.350 e. The van der Waals surface area contributed by atoms with Crippen molar-refractivity contribution in [3.63, 3.8) is 0 Å². The molecule has 27 heavy (non-hydrogen) atoms. The van der Waals surface area contributed by atoms with E-state index in [4.69, 9.17) is 0 Å². The summed E-state index contributed by atoms with van der Waals surface area (Å²) in [5.41, 5.74) is 2.17. The summed E-state index contributed by atoms with van der Waals surface area (Å²) in [7, 11) is -1.68. The summed E-state index contributed by atoms with van der Waals surface area (Å²) < 4.78 is 31.1. The lowest BCUT2D eigenvalue weighted by molar-refractivity contribution is 0.294. The predicted molar refractivity (Wildman–Crippen MR) is 107 cm³/mol. The maximum Gasteiger partial charge on any atom is 0.258 e. The molecule has 1 aliphatic carbocycles. The molecule has 2 aromatic heterocycles. The molecule has 1 aliphatic rings. The van der Waals surface area contributed by atoms with Crippen LogP contribution in [0.25, 0.3) is 10.9 Å². The zero-order chi connectivity index (χ0) is 18.9. The van der Waals surface area contributed by atoms with Gasteiger partial charge in [-0.2, -0.15) is 0 Å². The highest BCUT2D eigenvalue weighted by atomic mass is 32.2. The third kappa shape index (κ3) is 3.64. The third-order valence-electron chi connectivity index (χ3n) is 5.58. The second-order valence-electron chi connectivity index (χ2n) is 7.38. The average Bonchev–Trinajstić information content (AvgIpc) is 3.04. The first-order valence-electron chi connectivity index (χ1n) is 9.53. The van der Waals surface area contributed by atoms with Gasteiger partial charge in [0.05, 0.1) is 6.04 Å². The van der Waals surface area contributed by atoms with Crippen molar-refractivity contribution >= 4 is 20.9 Å². The van der Waals surface area contributed by atoms with Crippen molar-refractivity contribution in [2.75, 3.05) is 0 Å². The van der Waals surface area contributed by atoms with Gasteiger partial charge in [0.2, 0.25) is 0 Å². The van der Waals surface area contributed by atoms with Crippen LogP contribution in [0.4, 0.5) is 0 Å². The minimum atomic E-state index is -3.69. The van der Waals surface area contributed by atoms with Crippen LogP contribution in [-0.2, 0) is 17.1 Å². The Bertz CT molecular complexity index is 1020. The highest BCUT2D eigenvalue weighted by molar-refractivity contribution is 7.89. The van der Waals surface area contributed by atoms with Gasteiger partial charge in [-0.15, -0.1) is 0 Å². The molecule has 4 rings (SSSR count). The van der Waals surface area contributed by atoms with E-state index in [0.717, 1.165) is 42.1 Å². The van der Waals surface area contributed by atoms with Crippen molar-refractivity contribution in [1.82, 2.24) is 14.3 Å². The van der Waals surface area contributed by atoms with Crippen LogP contribution in [0.5, 0.6) is 0 Å². The van der Waals surface area contributed by atoms with Crippen molar-refractivity contribution in [3.8, 4) is 0 Å². The van der Waals surface area contributed by atoms with Crippen molar-refractivity contribution in [2.45, 2.75) is 43.2 Å². The van der Waals surface area contributed by atoms with E-state index in [1.807, 2.05) is 19.2 Å². The molecule has 1 atom stereocenters. The number of nitrogens with one attached hydrogen (secondary N) is 1. The largest absolute Gasteiger partial charge is 0.350 e. The molecule has 0 amide bonds. The molecule has 1 unspecified atom stereocenters. The van der Waals surface area contributed by atoms with Crippen LogP contribution < -0.4 is 4.72 Å². The van der Waals surface area contributed by atoms with E-state index in [2.05, 4.69) is 32.6 Å². The van der Waals surface area contributed by atoms with Gasteiger partial charge in [0.25, 0.3) is 10.0 Å². The second-order valence-corrected chi connectivity index (χ2v) is 9.04. The van der Waals surface area contributed by atoms with Crippen LogP contribution in [0.15, 0.2) is 59.9 Å². The fourth-order valence-corrected chi connectivity index (χ4v) is 5.47. The molecule has 1 N–H and O–H groups in total. The first kappa shape index (κ1) is 18.2. The standard InChI is InChI=1S/C21H25N3O2S/c1-24-15-18(17-11-5-6-12-19(17)24)21(16-9-3-2-4-10-16)23-27(25,26)20-13-7-8-14-22-20/h5-8,11-16,21,23H,2-4,9-10H2,1H3. The number of aromatic nitrogens is 2. The van der Waals surface area contributed by atoms with Gasteiger partial charge >= 0.3 is 0 Å². The Kier molecular flexibility index (Phi) is 5.02. The van der Waals surface area contributed by atoms with Crippen LogP contribution in [0.2, 0.25) is 0 Å². The van der Waals surface area contributed by atoms with Gasteiger partial charge in [0, 0.05) is 30.3 Å². The molecular formula is C21H25N3O2S. The maximum absolute atomic E-state index is 13.0. The fraction of sp³-hybridized carbons (Fsp3) is 0.381. The highest BCUT2D eigenvalue weighted by Gasteiger charge is 2.32. The molecule has 1 aromatic carbocycles. The normalized spacial score (nSPS) is 17.2. The predicted octanol–water partition coefficient (Wildman–Crippen LogP) is 4.17. The summed E-state index contributed by atoms with van der Waals surface area (Å²) >= 11 is 0. The number of hydrogen-bond donors (Lipinski definition) is 1. The molecule has 0 aliphatic heterocycles. The SMILES string of the molecule is Cn1cc(C(NS(=O)(=O)c2ccccn2)C2CCCCC2)c2ccccc21. The van der Waals surface area contributed by atoms with E-state index in [-0.39, 0.29) is 11.1 Å². The van der Waals surface area contributed by atoms with Crippen LogP contribution in [0.1, 0.15) is 43.7 Å². The van der Waals surface area contributed by atoms with E-state index < -0.39 is 10.0 Å². The van der Waals surface area contributed by atoms with E-state index in [1.54, 1.807) is 18.2 Å². The zero-order valence-electron chi connectivity index (χ0n) is 15.5. The number of pyridine rings is 1. The molecule has 3 aromatic rings. The Morgan fingerprint density at radius 1 is 1.07 bits per heavy atom. The van der Waals surface area contributed by atoms with Gasteiger partial charge in [0.15, 0.2) is 5.03 Å². The van der Waals surface area contributed by atoms with Crippen LogP contribution in [0, 0.1) is 5.92 Å². The monoisotopic (exact) mass is 383 g/mol. The number of aryl methyl sites for hydroxylation is 1. The number of benzene rings is 1. The Labute approximate surface area is 160 Å². The number of rotatable bonds is 5. The molecule has 0 saturated heterocycles. The summed E-state index contributed by atoms with van der Waals surface area (Å²) in [6, 6.07) is 12.9. The number of fused-ring (bicyclic) bond motifs is 1. The average molecular weight is 384 g/mol. The molecule has 0 radical (unpaired) electrons. The topological polar surface area (TPSA) is 64.0 Å². The van der Waals surface area contributed by atoms with Crippen molar-refractivity contribution in [2.24, 2.45) is 13.0 Å². The Morgan fingerprint density at radius 2 is 1.81 bits per heavy atom. The summed E-state index contributed by atoms with van der Waals surface area (Å²) in [5.74, 6) is 0.294. The van der Waals surface area contributed by atoms with Crippen molar-refractivity contribution < 1.29 is 8.42 Å². The number of nitrogens with zero attached hydrogens (tertiary/aromatic N) is 2. The van der Waals surface area contributed by atoms with E-state index in [1.165, 1.54) is 12.6 Å². The molecular weight excluding hydrogens is 358 g/mol. The van der Waals surface area contributed by atoms with Gasteiger partial charge in [-0.25, -0.2) is 18.1 Å². The number of sulfonamides is 1. The number of para-hydroxylation sites is 1. The quantitative estimate of drug-likeness (QED) is 0.719. The molecule has 1 saturated carbocycles. The lowest BCUT2D eigenvalue weighted by Crippen LogP contribution is -2.34. The Balaban J connectivity index is 1.77. The number of hydrogen-bond acceptors (Lipinski definition) is 3. The maximum atomic E-state index is 13.0. The zero-order valence-corrected chi connectivity index (χ0v) is 16.3. The van der Waals surface area contributed by atoms with E-state index in [9.17, 15) is 8.42 Å².